The molecular formula is C33H24ClNOS. The number of benzene rings is 5. The normalized spacial score (nSPS) is 10.6. The van der Waals surface area contributed by atoms with Crippen LogP contribution >= 0.6 is 11.3 Å². The van der Waals surface area contributed by atoms with Crippen LogP contribution in [0, 0.1) is 0 Å². The Balaban J connectivity index is 0.00000280. The zero-order valence-corrected chi connectivity index (χ0v) is 21.5. The van der Waals surface area contributed by atoms with E-state index in [0.29, 0.717) is 0 Å². The summed E-state index contributed by atoms with van der Waals surface area (Å²) in [5, 5.41) is 10.9. The first kappa shape index (κ1) is 24.5. The van der Waals surface area contributed by atoms with Crippen molar-refractivity contribution < 1.29 is 22.5 Å². The summed E-state index contributed by atoms with van der Waals surface area (Å²) in [4.78, 5) is 3.49. The summed E-state index contributed by atoms with van der Waals surface area (Å²) in [6.07, 6.45) is 0. The number of phenols is 1. The van der Waals surface area contributed by atoms with Crippen molar-refractivity contribution in [3.63, 3.8) is 0 Å². The maximum atomic E-state index is 9.84. The molecule has 5 aromatic carbocycles. The summed E-state index contributed by atoms with van der Waals surface area (Å²) < 4.78 is 1.04. The highest BCUT2D eigenvalue weighted by atomic mass is 35.5. The van der Waals surface area contributed by atoms with Gasteiger partial charge in [0.25, 0.3) is 5.01 Å². The Morgan fingerprint density at radius 1 is 0.541 bits per heavy atom. The second-order valence-electron chi connectivity index (χ2n) is 8.66. The fraction of sp³-hybridized carbons (Fsp3) is 0. The van der Waals surface area contributed by atoms with Gasteiger partial charge in [0.15, 0.2) is 0 Å². The second kappa shape index (κ2) is 10.8. The molecule has 0 spiro atoms. The first-order chi connectivity index (χ1) is 17.8. The van der Waals surface area contributed by atoms with E-state index in [4.69, 9.17) is 0 Å². The number of H-pyrrole nitrogens is 1. The van der Waals surface area contributed by atoms with Gasteiger partial charge in [0.1, 0.15) is 10.4 Å². The van der Waals surface area contributed by atoms with Crippen molar-refractivity contribution in [1.82, 2.24) is 0 Å². The molecular weight excluding hydrogens is 494 g/mol. The van der Waals surface area contributed by atoms with Gasteiger partial charge in [0.2, 0.25) is 5.52 Å². The largest absolute Gasteiger partial charge is 1.00 e. The number of phenolic OH excluding ortho intramolecular Hbond substituents is 1. The van der Waals surface area contributed by atoms with Gasteiger partial charge in [-0.1, -0.05) is 114 Å². The zero-order chi connectivity index (χ0) is 24.3. The van der Waals surface area contributed by atoms with Gasteiger partial charge in [-0.2, -0.15) is 4.98 Å². The SMILES string of the molecule is Oc1ccc2[nH+]c(-c3ccc(C(=C(c4ccccc4)c4ccccc4)c4ccccc4)cc3)sc2c1.[Cl-]. The van der Waals surface area contributed by atoms with E-state index in [-0.39, 0.29) is 18.2 Å². The Hall–Kier alpha value is -4.18. The number of nitrogens with one attached hydrogen (secondary N) is 1. The molecule has 1 aromatic heterocycles. The lowest BCUT2D eigenvalue weighted by Crippen LogP contribution is -3.00. The lowest BCUT2D eigenvalue weighted by Gasteiger charge is -2.18. The van der Waals surface area contributed by atoms with Crippen LogP contribution in [0.2, 0.25) is 0 Å². The van der Waals surface area contributed by atoms with Gasteiger partial charge in [-0.15, -0.1) is 0 Å². The van der Waals surface area contributed by atoms with Crippen LogP contribution < -0.4 is 17.4 Å². The maximum Gasteiger partial charge on any atom is 0.268 e. The molecule has 0 unspecified atom stereocenters. The fourth-order valence-corrected chi connectivity index (χ4v) is 5.64. The van der Waals surface area contributed by atoms with Crippen LogP contribution in [0.1, 0.15) is 22.3 Å². The van der Waals surface area contributed by atoms with E-state index in [1.165, 1.54) is 27.8 Å². The predicted molar refractivity (Wildman–Crippen MR) is 150 cm³/mol. The molecule has 0 aliphatic carbocycles. The molecule has 0 fully saturated rings. The van der Waals surface area contributed by atoms with Crippen molar-refractivity contribution >= 4 is 32.7 Å². The van der Waals surface area contributed by atoms with Crippen LogP contribution in [0.3, 0.4) is 0 Å². The van der Waals surface area contributed by atoms with Crippen LogP contribution in [-0.4, -0.2) is 5.11 Å². The summed E-state index contributed by atoms with van der Waals surface area (Å²) in [6, 6.07) is 46.0. The minimum atomic E-state index is 0. The van der Waals surface area contributed by atoms with E-state index in [1.54, 1.807) is 23.5 Å². The van der Waals surface area contributed by atoms with E-state index in [2.05, 4.69) is 120 Å². The number of hydrogen-bond acceptors (Lipinski definition) is 2. The number of thiazole rings is 1. The first-order valence-electron chi connectivity index (χ1n) is 11.9. The Morgan fingerprint density at radius 3 is 1.49 bits per heavy atom. The number of hydrogen-bond donors (Lipinski definition) is 1. The lowest BCUT2D eigenvalue weighted by molar-refractivity contribution is -0.325. The highest BCUT2D eigenvalue weighted by molar-refractivity contribution is 7.21. The quantitative estimate of drug-likeness (QED) is 0.317. The Kier molecular flexibility index (Phi) is 7.18. The van der Waals surface area contributed by atoms with E-state index < -0.39 is 0 Å². The number of halogens is 1. The number of aromatic nitrogens is 1. The number of aromatic hydroxyl groups is 1. The molecule has 0 radical (unpaired) electrons. The molecule has 2 N–H and O–H groups in total. The zero-order valence-electron chi connectivity index (χ0n) is 19.9. The van der Waals surface area contributed by atoms with Gasteiger partial charge in [-0.05, 0) is 51.6 Å². The van der Waals surface area contributed by atoms with Crippen molar-refractivity contribution in [2.24, 2.45) is 0 Å². The molecule has 1 heterocycles. The van der Waals surface area contributed by atoms with Gasteiger partial charge < -0.3 is 17.5 Å². The van der Waals surface area contributed by atoms with E-state index >= 15 is 0 Å². The average molecular weight is 518 g/mol. The van der Waals surface area contributed by atoms with Crippen LogP contribution in [0.15, 0.2) is 133 Å². The van der Waals surface area contributed by atoms with Crippen LogP contribution in [0.5, 0.6) is 5.75 Å². The summed E-state index contributed by atoms with van der Waals surface area (Å²) in [5.74, 6) is 0.284. The van der Waals surface area contributed by atoms with Crippen molar-refractivity contribution in [3.8, 4) is 16.3 Å². The monoisotopic (exact) mass is 517 g/mol. The van der Waals surface area contributed by atoms with Gasteiger partial charge in [0.05, 0.1) is 5.56 Å². The fourth-order valence-electron chi connectivity index (χ4n) is 4.60. The summed E-state index contributed by atoms with van der Waals surface area (Å²) in [6.45, 7) is 0. The lowest BCUT2D eigenvalue weighted by atomic mass is 9.85. The van der Waals surface area contributed by atoms with Crippen molar-refractivity contribution in [2.45, 2.75) is 0 Å². The molecule has 0 amide bonds. The molecule has 6 aromatic rings. The molecule has 0 aliphatic heterocycles. The van der Waals surface area contributed by atoms with Crippen LogP contribution in [0.4, 0.5) is 0 Å². The van der Waals surface area contributed by atoms with Crippen molar-refractivity contribution in [3.05, 3.63) is 156 Å². The topological polar surface area (TPSA) is 34.4 Å². The highest BCUT2D eigenvalue weighted by Gasteiger charge is 2.18. The second-order valence-corrected chi connectivity index (χ2v) is 9.71. The summed E-state index contributed by atoms with van der Waals surface area (Å²) >= 11 is 1.65. The Morgan fingerprint density at radius 2 is 1.00 bits per heavy atom. The molecule has 0 bridgehead atoms. The van der Waals surface area contributed by atoms with Gasteiger partial charge in [0, 0.05) is 12.1 Å². The van der Waals surface area contributed by atoms with Gasteiger partial charge >= 0.3 is 0 Å². The minimum Gasteiger partial charge on any atom is -1.00 e. The number of fused-ring (bicyclic) bond motifs is 1. The van der Waals surface area contributed by atoms with E-state index in [1.807, 2.05) is 6.07 Å². The average Bonchev–Trinajstić information content (AvgIpc) is 3.36. The minimum absolute atomic E-state index is 0. The predicted octanol–water partition coefficient (Wildman–Crippen LogP) is 5.10. The van der Waals surface area contributed by atoms with Gasteiger partial charge in [-0.25, -0.2) is 0 Å². The maximum absolute atomic E-state index is 9.84. The first-order valence-corrected chi connectivity index (χ1v) is 12.7. The molecule has 37 heavy (non-hydrogen) atoms. The van der Waals surface area contributed by atoms with E-state index in [0.717, 1.165) is 26.4 Å². The third kappa shape index (κ3) is 5.05. The Bertz CT molecular complexity index is 1620. The van der Waals surface area contributed by atoms with Crippen LogP contribution in [-0.2, 0) is 0 Å². The molecule has 6 rings (SSSR count). The number of aromatic amines is 1. The van der Waals surface area contributed by atoms with Crippen molar-refractivity contribution in [2.75, 3.05) is 0 Å². The molecule has 0 atom stereocenters. The molecule has 0 saturated carbocycles. The summed E-state index contributed by atoms with van der Waals surface area (Å²) in [7, 11) is 0. The molecule has 180 valence electrons. The third-order valence-electron chi connectivity index (χ3n) is 6.30. The van der Waals surface area contributed by atoms with Gasteiger partial charge in [-0.3, -0.25) is 0 Å². The molecule has 4 heteroatoms. The Labute approximate surface area is 226 Å². The third-order valence-corrected chi connectivity index (χ3v) is 7.40. The molecule has 0 saturated heterocycles. The standard InChI is InChI=1S/C33H23NOS.ClH/c35-28-20-21-29-30(22-28)36-33(34-29)27-18-16-26(17-19-27)32(25-14-8-3-9-15-25)31(23-10-4-1-5-11-23)24-12-6-2-7-13-24;/h1-22,35H;1H. The smallest absolute Gasteiger partial charge is 0.268 e. The molecule has 0 aliphatic rings. The van der Waals surface area contributed by atoms with E-state index in [9.17, 15) is 5.11 Å². The van der Waals surface area contributed by atoms with Crippen LogP contribution in [0.25, 0.3) is 31.9 Å². The molecule has 2 nitrogen and oxygen atoms in total. The highest BCUT2D eigenvalue weighted by Crippen LogP contribution is 2.37. The summed E-state index contributed by atoms with van der Waals surface area (Å²) in [5.41, 5.74) is 9.26. The number of rotatable bonds is 5. The van der Waals surface area contributed by atoms with Crippen molar-refractivity contribution in [1.29, 1.82) is 0 Å².